The summed E-state index contributed by atoms with van der Waals surface area (Å²) in [5.41, 5.74) is 2.54. The zero-order valence-electron chi connectivity index (χ0n) is 12.8. The van der Waals surface area contributed by atoms with Crippen LogP contribution in [0, 0.1) is 6.92 Å². The SMILES string of the molecule is Cc1[nH]c2ccccc2c1C(=O)CSc1nnc(-c2ccco2)o1. The zero-order valence-corrected chi connectivity index (χ0v) is 13.6. The molecular formula is C17H13N3O3S. The first kappa shape index (κ1) is 14.8. The van der Waals surface area contributed by atoms with Crippen LogP contribution in [0.1, 0.15) is 16.1 Å². The number of H-pyrrole nitrogens is 1. The molecule has 0 aliphatic rings. The number of aromatic nitrogens is 3. The number of carbonyl (C=O) groups is 1. The van der Waals surface area contributed by atoms with Crippen LogP contribution in [-0.2, 0) is 0 Å². The van der Waals surface area contributed by atoms with E-state index in [0.29, 0.717) is 22.4 Å². The Kier molecular flexibility index (Phi) is 3.70. The minimum atomic E-state index is 0.0210. The van der Waals surface area contributed by atoms with Gasteiger partial charge in [-0.3, -0.25) is 4.79 Å². The van der Waals surface area contributed by atoms with Gasteiger partial charge in [0.1, 0.15) is 0 Å². The van der Waals surface area contributed by atoms with Crippen molar-refractivity contribution in [1.82, 2.24) is 15.2 Å². The van der Waals surface area contributed by atoms with Crippen molar-refractivity contribution < 1.29 is 13.6 Å². The maximum atomic E-state index is 12.6. The Morgan fingerprint density at radius 1 is 1.21 bits per heavy atom. The van der Waals surface area contributed by atoms with Gasteiger partial charge in [0.2, 0.25) is 0 Å². The molecule has 0 saturated carbocycles. The van der Waals surface area contributed by atoms with E-state index in [1.165, 1.54) is 18.0 Å². The summed E-state index contributed by atoms with van der Waals surface area (Å²) in [6.45, 7) is 1.90. The number of nitrogens with zero attached hydrogens (tertiary/aromatic N) is 2. The van der Waals surface area contributed by atoms with Crippen LogP contribution in [0.2, 0.25) is 0 Å². The highest BCUT2D eigenvalue weighted by molar-refractivity contribution is 7.99. The highest BCUT2D eigenvalue weighted by atomic mass is 32.2. The highest BCUT2D eigenvalue weighted by Crippen LogP contribution is 2.27. The predicted molar refractivity (Wildman–Crippen MR) is 90.1 cm³/mol. The second kappa shape index (κ2) is 6.01. The number of Topliss-reactive ketones (excluding diaryl/α,β-unsaturated/α-hetero) is 1. The third kappa shape index (κ3) is 2.63. The van der Waals surface area contributed by atoms with Gasteiger partial charge in [0.15, 0.2) is 11.5 Å². The summed E-state index contributed by atoms with van der Waals surface area (Å²) in [4.78, 5) is 15.8. The van der Waals surface area contributed by atoms with E-state index >= 15 is 0 Å². The first-order chi connectivity index (χ1) is 11.7. The van der Waals surface area contributed by atoms with Crippen LogP contribution < -0.4 is 0 Å². The number of thioether (sulfide) groups is 1. The Balaban J connectivity index is 1.51. The van der Waals surface area contributed by atoms with Crippen molar-refractivity contribution in [3.8, 4) is 11.7 Å². The van der Waals surface area contributed by atoms with Crippen LogP contribution in [0.15, 0.2) is 56.7 Å². The van der Waals surface area contributed by atoms with Gasteiger partial charge in [-0.25, -0.2) is 0 Å². The molecule has 1 N–H and O–H groups in total. The average Bonchev–Trinajstić information content (AvgIpc) is 3.31. The lowest BCUT2D eigenvalue weighted by atomic mass is 10.1. The molecule has 0 atom stereocenters. The fourth-order valence-corrected chi connectivity index (χ4v) is 3.24. The molecule has 6 nitrogen and oxygen atoms in total. The molecule has 0 aliphatic heterocycles. The number of carbonyl (C=O) groups excluding carboxylic acids is 1. The quantitative estimate of drug-likeness (QED) is 0.435. The van der Waals surface area contributed by atoms with Crippen molar-refractivity contribution >= 4 is 28.4 Å². The molecule has 0 fully saturated rings. The number of para-hydroxylation sites is 1. The fraction of sp³-hybridized carbons (Fsp3) is 0.118. The summed E-state index contributed by atoms with van der Waals surface area (Å²) in [5, 5.41) is 9.13. The summed E-state index contributed by atoms with van der Waals surface area (Å²) >= 11 is 1.22. The molecule has 7 heteroatoms. The number of hydrogen-bond acceptors (Lipinski definition) is 6. The van der Waals surface area contributed by atoms with E-state index in [9.17, 15) is 4.79 Å². The largest absolute Gasteiger partial charge is 0.459 e. The Bertz CT molecular complexity index is 1000. The van der Waals surface area contributed by atoms with Gasteiger partial charge in [-0.15, -0.1) is 10.2 Å². The summed E-state index contributed by atoms with van der Waals surface area (Å²) in [6.07, 6.45) is 1.54. The molecule has 4 rings (SSSR count). The van der Waals surface area contributed by atoms with E-state index in [1.54, 1.807) is 12.1 Å². The third-order valence-corrected chi connectivity index (χ3v) is 4.46. The predicted octanol–water partition coefficient (Wildman–Crippen LogP) is 4.09. The van der Waals surface area contributed by atoms with Crippen molar-refractivity contribution in [2.75, 3.05) is 5.75 Å². The van der Waals surface area contributed by atoms with Gasteiger partial charge in [0.05, 0.1) is 12.0 Å². The minimum absolute atomic E-state index is 0.0210. The van der Waals surface area contributed by atoms with Gasteiger partial charge >= 0.3 is 0 Å². The maximum Gasteiger partial charge on any atom is 0.284 e. The van der Waals surface area contributed by atoms with Gasteiger partial charge in [-0.1, -0.05) is 30.0 Å². The second-order valence-electron chi connectivity index (χ2n) is 5.23. The molecule has 0 spiro atoms. The lowest BCUT2D eigenvalue weighted by Gasteiger charge is -1.99. The average molecular weight is 339 g/mol. The molecular weight excluding hydrogens is 326 g/mol. The number of ketones is 1. The van der Waals surface area contributed by atoms with Crippen LogP contribution in [0.3, 0.4) is 0 Å². The number of benzene rings is 1. The lowest BCUT2D eigenvalue weighted by molar-refractivity contribution is 0.102. The number of nitrogens with one attached hydrogen (secondary N) is 1. The number of aryl methyl sites for hydroxylation is 1. The molecule has 0 bridgehead atoms. The van der Waals surface area contributed by atoms with Crippen LogP contribution in [0.5, 0.6) is 0 Å². The molecule has 0 unspecified atom stereocenters. The number of rotatable bonds is 5. The van der Waals surface area contributed by atoms with E-state index in [2.05, 4.69) is 15.2 Å². The molecule has 24 heavy (non-hydrogen) atoms. The van der Waals surface area contributed by atoms with Crippen molar-refractivity contribution in [3.05, 3.63) is 53.9 Å². The molecule has 0 amide bonds. The number of aromatic amines is 1. The normalized spacial score (nSPS) is 11.2. The smallest absolute Gasteiger partial charge is 0.284 e. The Morgan fingerprint density at radius 2 is 2.08 bits per heavy atom. The van der Waals surface area contributed by atoms with Crippen LogP contribution >= 0.6 is 11.8 Å². The number of fused-ring (bicyclic) bond motifs is 1. The topological polar surface area (TPSA) is 84.9 Å². The monoisotopic (exact) mass is 339 g/mol. The van der Waals surface area contributed by atoms with Gasteiger partial charge in [-0.2, -0.15) is 0 Å². The zero-order chi connectivity index (χ0) is 16.5. The van der Waals surface area contributed by atoms with Gasteiger partial charge in [0.25, 0.3) is 11.1 Å². The molecule has 4 aromatic rings. The molecule has 0 saturated heterocycles. The Hall–Kier alpha value is -2.80. The first-order valence-electron chi connectivity index (χ1n) is 7.33. The Morgan fingerprint density at radius 3 is 2.92 bits per heavy atom. The molecule has 120 valence electrons. The molecule has 0 aliphatic carbocycles. The number of hydrogen-bond donors (Lipinski definition) is 1. The van der Waals surface area contributed by atoms with E-state index in [0.717, 1.165) is 16.6 Å². The maximum absolute atomic E-state index is 12.6. The number of furan rings is 1. The Labute approximate surface area is 141 Å². The van der Waals surface area contributed by atoms with Crippen molar-refractivity contribution in [3.63, 3.8) is 0 Å². The van der Waals surface area contributed by atoms with E-state index < -0.39 is 0 Å². The summed E-state index contributed by atoms with van der Waals surface area (Å²) in [6, 6.07) is 11.2. The molecule has 3 aromatic heterocycles. The van der Waals surface area contributed by atoms with E-state index in [4.69, 9.17) is 8.83 Å². The second-order valence-corrected chi connectivity index (χ2v) is 6.16. The molecule has 3 heterocycles. The van der Waals surface area contributed by atoms with Gasteiger partial charge in [0, 0.05) is 22.2 Å². The fourth-order valence-electron chi connectivity index (χ4n) is 2.60. The summed E-state index contributed by atoms with van der Waals surface area (Å²) in [5.74, 6) is 1.06. The van der Waals surface area contributed by atoms with Crippen LogP contribution in [-0.4, -0.2) is 26.7 Å². The summed E-state index contributed by atoms with van der Waals surface area (Å²) in [7, 11) is 0. The van der Waals surface area contributed by atoms with Gasteiger partial charge in [-0.05, 0) is 25.1 Å². The highest BCUT2D eigenvalue weighted by Gasteiger charge is 2.18. The minimum Gasteiger partial charge on any atom is -0.459 e. The summed E-state index contributed by atoms with van der Waals surface area (Å²) < 4.78 is 10.7. The molecule has 1 aromatic carbocycles. The van der Waals surface area contributed by atoms with Crippen molar-refractivity contribution in [2.45, 2.75) is 12.1 Å². The van der Waals surface area contributed by atoms with Crippen molar-refractivity contribution in [1.29, 1.82) is 0 Å². The molecule has 0 radical (unpaired) electrons. The van der Waals surface area contributed by atoms with Crippen LogP contribution in [0.4, 0.5) is 0 Å². The third-order valence-electron chi connectivity index (χ3n) is 3.64. The van der Waals surface area contributed by atoms with Crippen LogP contribution in [0.25, 0.3) is 22.6 Å². The first-order valence-corrected chi connectivity index (χ1v) is 8.31. The van der Waals surface area contributed by atoms with E-state index in [-0.39, 0.29) is 11.5 Å². The lowest BCUT2D eigenvalue weighted by Crippen LogP contribution is -2.03. The van der Waals surface area contributed by atoms with E-state index in [1.807, 2.05) is 31.2 Å². The van der Waals surface area contributed by atoms with Gasteiger partial charge < -0.3 is 13.8 Å². The van der Waals surface area contributed by atoms with Crippen molar-refractivity contribution in [2.24, 2.45) is 0 Å². The standard InChI is InChI=1S/C17H13N3O3S/c1-10-15(11-5-2-3-6-12(11)18-10)13(21)9-24-17-20-19-16(23-17)14-7-4-8-22-14/h2-8,18H,9H2,1H3.